The second kappa shape index (κ2) is 6.13. The van der Waals surface area contributed by atoms with Crippen molar-refractivity contribution in [1.82, 2.24) is 10.4 Å². The van der Waals surface area contributed by atoms with Crippen LogP contribution in [0.1, 0.15) is 10.6 Å². The lowest BCUT2D eigenvalue weighted by Gasteiger charge is -2.14. The molecule has 102 valence electrons. The molecule has 0 amide bonds. The van der Waals surface area contributed by atoms with Crippen molar-refractivity contribution in [2.75, 3.05) is 0 Å². The summed E-state index contributed by atoms with van der Waals surface area (Å²) < 4.78 is 1.23. The van der Waals surface area contributed by atoms with Gasteiger partial charge in [-0.05, 0) is 24.1 Å². The molecule has 0 aliphatic rings. The van der Waals surface area contributed by atoms with Crippen LogP contribution in [0.4, 0.5) is 0 Å². The molecule has 0 bridgehead atoms. The summed E-state index contributed by atoms with van der Waals surface area (Å²) in [4.78, 5) is 4.67. The van der Waals surface area contributed by atoms with E-state index in [9.17, 15) is 0 Å². The molecule has 3 rings (SSSR count). The van der Waals surface area contributed by atoms with Gasteiger partial charge in [-0.3, -0.25) is 11.3 Å². The fraction of sp³-hybridized carbons (Fsp3) is 0.188. The van der Waals surface area contributed by atoms with Gasteiger partial charge in [0.2, 0.25) is 0 Å². The number of nitrogens with one attached hydrogen (secondary N) is 1. The number of nitrogens with two attached hydrogens (primary N) is 1. The Bertz CT molecular complexity index is 645. The SMILES string of the molecule is NNC(Cc1ccccc1)Cc1nc2ccccc2s1. The number of aromatic nitrogens is 1. The predicted octanol–water partition coefficient (Wildman–Crippen LogP) is 2.91. The highest BCUT2D eigenvalue weighted by molar-refractivity contribution is 7.18. The molecule has 2 aromatic carbocycles. The van der Waals surface area contributed by atoms with Gasteiger partial charge >= 0.3 is 0 Å². The topological polar surface area (TPSA) is 50.9 Å². The molecular formula is C16H17N3S. The zero-order valence-corrected chi connectivity index (χ0v) is 11.9. The first-order valence-corrected chi connectivity index (χ1v) is 7.51. The van der Waals surface area contributed by atoms with Gasteiger partial charge in [-0.15, -0.1) is 11.3 Å². The molecule has 1 aromatic heterocycles. The van der Waals surface area contributed by atoms with Gasteiger partial charge in [-0.25, -0.2) is 4.98 Å². The summed E-state index contributed by atoms with van der Waals surface area (Å²) in [6.45, 7) is 0. The van der Waals surface area contributed by atoms with E-state index in [4.69, 9.17) is 5.84 Å². The van der Waals surface area contributed by atoms with E-state index in [1.54, 1.807) is 11.3 Å². The third-order valence-electron chi connectivity index (χ3n) is 3.32. The average Bonchev–Trinajstić information content (AvgIpc) is 2.90. The second-order valence-corrected chi connectivity index (χ2v) is 5.95. The summed E-state index contributed by atoms with van der Waals surface area (Å²) in [5.41, 5.74) is 5.27. The van der Waals surface area contributed by atoms with Crippen LogP contribution in [0.2, 0.25) is 0 Å². The van der Waals surface area contributed by atoms with Crippen LogP contribution in [0, 0.1) is 0 Å². The van der Waals surface area contributed by atoms with E-state index in [0.29, 0.717) is 0 Å². The molecule has 4 heteroatoms. The highest BCUT2D eigenvalue weighted by Gasteiger charge is 2.12. The maximum absolute atomic E-state index is 5.69. The smallest absolute Gasteiger partial charge is 0.0954 e. The van der Waals surface area contributed by atoms with Gasteiger partial charge < -0.3 is 0 Å². The highest BCUT2D eigenvalue weighted by atomic mass is 32.1. The van der Waals surface area contributed by atoms with Crippen LogP contribution in [0.25, 0.3) is 10.2 Å². The first-order chi connectivity index (χ1) is 9.85. The van der Waals surface area contributed by atoms with Gasteiger partial charge in [-0.1, -0.05) is 42.5 Å². The molecule has 0 aliphatic carbocycles. The van der Waals surface area contributed by atoms with E-state index in [2.05, 4.69) is 46.8 Å². The summed E-state index contributed by atoms with van der Waals surface area (Å²) in [7, 11) is 0. The van der Waals surface area contributed by atoms with Crippen molar-refractivity contribution in [2.45, 2.75) is 18.9 Å². The van der Waals surface area contributed by atoms with Crippen molar-refractivity contribution in [3.05, 3.63) is 65.2 Å². The normalized spacial score (nSPS) is 12.7. The van der Waals surface area contributed by atoms with E-state index in [1.807, 2.05) is 18.2 Å². The van der Waals surface area contributed by atoms with Gasteiger partial charge in [0.25, 0.3) is 0 Å². The second-order valence-electron chi connectivity index (χ2n) is 4.83. The molecule has 3 nitrogen and oxygen atoms in total. The number of benzene rings is 2. The number of rotatable bonds is 5. The predicted molar refractivity (Wildman–Crippen MR) is 84.6 cm³/mol. The Morgan fingerprint density at radius 3 is 2.50 bits per heavy atom. The number of fused-ring (bicyclic) bond motifs is 1. The number of hydrogen-bond acceptors (Lipinski definition) is 4. The first-order valence-electron chi connectivity index (χ1n) is 6.69. The number of para-hydroxylation sites is 1. The molecule has 0 aliphatic heterocycles. The molecule has 0 spiro atoms. The monoisotopic (exact) mass is 283 g/mol. The summed E-state index contributed by atoms with van der Waals surface area (Å²) in [6.07, 6.45) is 1.76. The molecule has 0 radical (unpaired) electrons. The molecule has 20 heavy (non-hydrogen) atoms. The van der Waals surface area contributed by atoms with Gasteiger partial charge in [0, 0.05) is 12.5 Å². The first kappa shape index (κ1) is 13.2. The lowest BCUT2D eigenvalue weighted by molar-refractivity contribution is 0.522. The van der Waals surface area contributed by atoms with Gasteiger partial charge in [0.05, 0.1) is 15.2 Å². The summed E-state index contributed by atoms with van der Waals surface area (Å²) in [5, 5.41) is 1.13. The van der Waals surface area contributed by atoms with Crippen molar-refractivity contribution in [2.24, 2.45) is 5.84 Å². The quantitative estimate of drug-likeness (QED) is 0.559. The van der Waals surface area contributed by atoms with Crippen molar-refractivity contribution < 1.29 is 0 Å². The van der Waals surface area contributed by atoms with Crippen molar-refractivity contribution in [3.63, 3.8) is 0 Å². The lowest BCUT2D eigenvalue weighted by Crippen LogP contribution is -2.38. The van der Waals surface area contributed by atoms with Gasteiger partial charge in [-0.2, -0.15) is 0 Å². The minimum Gasteiger partial charge on any atom is -0.271 e. The fourth-order valence-corrected chi connectivity index (χ4v) is 3.35. The maximum Gasteiger partial charge on any atom is 0.0954 e. The molecule has 0 fully saturated rings. The molecular weight excluding hydrogens is 266 g/mol. The largest absolute Gasteiger partial charge is 0.271 e. The minimum absolute atomic E-state index is 0.206. The van der Waals surface area contributed by atoms with Crippen LogP contribution in [0.3, 0.4) is 0 Å². The van der Waals surface area contributed by atoms with Gasteiger partial charge in [0.1, 0.15) is 0 Å². The number of nitrogens with zero attached hydrogens (tertiary/aromatic N) is 1. The Morgan fingerprint density at radius 1 is 1.00 bits per heavy atom. The molecule has 0 saturated carbocycles. The van der Waals surface area contributed by atoms with E-state index < -0.39 is 0 Å². The Labute approximate surface area is 122 Å². The van der Waals surface area contributed by atoms with Crippen LogP contribution in [0.5, 0.6) is 0 Å². The van der Waals surface area contributed by atoms with E-state index in [1.165, 1.54) is 10.3 Å². The highest BCUT2D eigenvalue weighted by Crippen LogP contribution is 2.22. The lowest BCUT2D eigenvalue weighted by atomic mass is 10.0. The molecule has 1 atom stereocenters. The third-order valence-corrected chi connectivity index (χ3v) is 4.38. The molecule has 1 heterocycles. The van der Waals surface area contributed by atoms with Crippen LogP contribution in [0.15, 0.2) is 54.6 Å². The molecule has 1 unspecified atom stereocenters. The van der Waals surface area contributed by atoms with Crippen LogP contribution in [-0.4, -0.2) is 11.0 Å². The summed E-state index contributed by atoms with van der Waals surface area (Å²) in [6, 6.07) is 18.8. The zero-order chi connectivity index (χ0) is 13.8. The molecule has 3 N–H and O–H groups in total. The van der Waals surface area contributed by atoms with Gasteiger partial charge in [0.15, 0.2) is 0 Å². The standard InChI is InChI=1S/C16H17N3S/c17-19-13(10-12-6-2-1-3-7-12)11-16-18-14-8-4-5-9-15(14)20-16/h1-9,13,19H,10-11,17H2. The number of hydrazine groups is 1. The number of thiazole rings is 1. The number of hydrogen-bond donors (Lipinski definition) is 2. The van der Waals surface area contributed by atoms with Crippen LogP contribution < -0.4 is 11.3 Å². The average molecular weight is 283 g/mol. The zero-order valence-electron chi connectivity index (χ0n) is 11.1. The van der Waals surface area contributed by atoms with E-state index in [-0.39, 0.29) is 6.04 Å². The third kappa shape index (κ3) is 3.04. The summed E-state index contributed by atoms with van der Waals surface area (Å²) in [5.74, 6) is 5.69. The van der Waals surface area contributed by atoms with Crippen molar-refractivity contribution in [1.29, 1.82) is 0 Å². The van der Waals surface area contributed by atoms with Crippen molar-refractivity contribution in [3.8, 4) is 0 Å². The van der Waals surface area contributed by atoms with Crippen molar-refractivity contribution >= 4 is 21.6 Å². The Morgan fingerprint density at radius 2 is 1.75 bits per heavy atom. The van der Waals surface area contributed by atoms with E-state index >= 15 is 0 Å². The molecule has 0 saturated heterocycles. The minimum atomic E-state index is 0.206. The molecule has 3 aromatic rings. The Kier molecular flexibility index (Phi) is 4.06. The summed E-state index contributed by atoms with van der Waals surface area (Å²) >= 11 is 1.74. The fourth-order valence-electron chi connectivity index (χ4n) is 2.31. The Hall–Kier alpha value is -1.75. The maximum atomic E-state index is 5.69. The van der Waals surface area contributed by atoms with Crippen LogP contribution in [-0.2, 0) is 12.8 Å². The Balaban J connectivity index is 1.74. The van der Waals surface area contributed by atoms with Crippen LogP contribution >= 0.6 is 11.3 Å². The van der Waals surface area contributed by atoms with E-state index in [0.717, 1.165) is 23.4 Å².